The fourth-order valence-electron chi connectivity index (χ4n) is 4.59. The van der Waals surface area contributed by atoms with Gasteiger partial charge in [0.15, 0.2) is 15.0 Å². The number of sulfone groups is 1. The summed E-state index contributed by atoms with van der Waals surface area (Å²) in [6, 6.07) is 6.21. The number of carbonyl (C=O) groups excluding carboxylic acids is 1. The van der Waals surface area contributed by atoms with Crippen molar-refractivity contribution in [3.05, 3.63) is 35.6 Å². The van der Waals surface area contributed by atoms with Gasteiger partial charge in [-0.25, -0.2) is 12.8 Å². The topological polar surface area (TPSA) is 66.8 Å². The van der Waals surface area contributed by atoms with Crippen LogP contribution in [0.15, 0.2) is 29.3 Å². The number of amides is 1. The lowest BCUT2D eigenvalue weighted by molar-refractivity contribution is -0.118. The van der Waals surface area contributed by atoms with Crippen molar-refractivity contribution in [3.63, 3.8) is 0 Å². The Balaban J connectivity index is 1.46. The number of nitrogens with zero attached hydrogens (tertiary/aromatic N) is 2. The highest BCUT2D eigenvalue weighted by Gasteiger charge is 2.48. The van der Waals surface area contributed by atoms with Crippen LogP contribution in [0.25, 0.3) is 0 Å². The van der Waals surface area contributed by atoms with Gasteiger partial charge < -0.3 is 4.90 Å². The van der Waals surface area contributed by atoms with Crippen LogP contribution >= 0.6 is 11.8 Å². The van der Waals surface area contributed by atoms with E-state index in [0.717, 1.165) is 18.4 Å². The molecule has 0 aromatic heterocycles. The van der Waals surface area contributed by atoms with Gasteiger partial charge in [0, 0.05) is 18.2 Å². The second kappa shape index (κ2) is 8.76. The molecule has 2 saturated heterocycles. The summed E-state index contributed by atoms with van der Waals surface area (Å²) in [5.74, 6) is 0.325. The summed E-state index contributed by atoms with van der Waals surface area (Å²) in [4.78, 5) is 19.0. The molecule has 0 unspecified atom stereocenters. The lowest BCUT2D eigenvalue weighted by Gasteiger charge is -2.24. The average Bonchev–Trinajstić information content (AvgIpc) is 3.13. The lowest BCUT2D eigenvalue weighted by Crippen LogP contribution is -2.39. The predicted molar refractivity (Wildman–Crippen MR) is 114 cm³/mol. The summed E-state index contributed by atoms with van der Waals surface area (Å²) in [6.45, 7) is 0.574. The molecule has 29 heavy (non-hydrogen) atoms. The molecule has 0 spiro atoms. The summed E-state index contributed by atoms with van der Waals surface area (Å²) in [6.07, 6.45) is 6.97. The van der Waals surface area contributed by atoms with Gasteiger partial charge in [0.05, 0.1) is 17.5 Å². The van der Waals surface area contributed by atoms with E-state index in [1.807, 2.05) is 4.90 Å². The van der Waals surface area contributed by atoms with E-state index in [2.05, 4.69) is 4.99 Å². The standard InChI is InChI=1S/C21H27FN2O3S2/c22-17-8-6-15(7-9-17)10-11-24-18-13-29(26,27)14-19(18)28-21(24)23-20(25)12-16-4-2-1-3-5-16/h6-9,16,18-19H,1-5,10-14H2/t18-,19-/m1/s1. The van der Waals surface area contributed by atoms with Gasteiger partial charge in [0.25, 0.3) is 0 Å². The first-order valence-corrected chi connectivity index (χ1v) is 13.1. The van der Waals surface area contributed by atoms with Gasteiger partial charge in [0.2, 0.25) is 5.91 Å². The molecule has 1 amide bonds. The summed E-state index contributed by atoms with van der Waals surface area (Å²) < 4.78 is 37.4. The summed E-state index contributed by atoms with van der Waals surface area (Å²) >= 11 is 1.44. The number of benzene rings is 1. The minimum absolute atomic E-state index is 0.0607. The first-order valence-electron chi connectivity index (χ1n) is 10.4. The van der Waals surface area contributed by atoms with Crippen LogP contribution in [0.4, 0.5) is 4.39 Å². The number of aliphatic imine (C=N–C) groups is 1. The Bertz CT molecular complexity index is 880. The third-order valence-corrected chi connectivity index (χ3v) is 9.39. The third-order valence-electron chi connectivity index (χ3n) is 6.14. The van der Waals surface area contributed by atoms with Crippen molar-refractivity contribution in [3.8, 4) is 0 Å². The quantitative estimate of drug-likeness (QED) is 0.705. The smallest absolute Gasteiger partial charge is 0.248 e. The van der Waals surface area contributed by atoms with E-state index in [1.54, 1.807) is 12.1 Å². The van der Waals surface area contributed by atoms with Crippen LogP contribution in [0.1, 0.15) is 44.1 Å². The zero-order chi connectivity index (χ0) is 20.4. The number of fused-ring (bicyclic) bond motifs is 1. The maximum atomic E-state index is 13.2. The molecule has 8 heteroatoms. The first kappa shape index (κ1) is 20.8. The van der Waals surface area contributed by atoms with Gasteiger partial charge in [-0.05, 0) is 42.9 Å². The molecule has 4 rings (SSSR count). The first-order chi connectivity index (χ1) is 13.9. The molecule has 1 aromatic carbocycles. The average molecular weight is 439 g/mol. The van der Waals surface area contributed by atoms with E-state index in [4.69, 9.17) is 0 Å². The number of thioether (sulfide) groups is 1. The fraction of sp³-hybridized carbons (Fsp3) is 0.619. The molecule has 2 heterocycles. The molecule has 158 valence electrons. The number of hydrogen-bond donors (Lipinski definition) is 0. The molecule has 1 aromatic rings. The minimum atomic E-state index is -3.05. The van der Waals surface area contributed by atoms with Gasteiger partial charge in [-0.2, -0.15) is 4.99 Å². The second-order valence-corrected chi connectivity index (χ2v) is 11.7. The molecular weight excluding hydrogens is 411 g/mol. The van der Waals surface area contributed by atoms with E-state index in [1.165, 1.54) is 43.2 Å². The molecule has 5 nitrogen and oxygen atoms in total. The summed E-state index contributed by atoms with van der Waals surface area (Å²) in [7, 11) is -3.05. The molecule has 3 aliphatic rings. The molecule has 0 N–H and O–H groups in total. The lowest BCUT2D eigenvalue weighted by atomic mass is 9.87. The number of rotatable bonds is 5. The van der Waals surface area contributed by atoms with Crippen LogP contribution in [-0.2, 0) is 21.1 Å². The van der Waals surface area contributed by atoms with Crippen molar-refractivity contribution in [1.82, 2.24) is 4.90 Å². The normalized spacial score (nSPS) is 28.0. The molecule has 3 fully saturated rings. The number of halogens is 1. The highest BCUT2D eigenvalue weighted by molar-refractivity contribution is 8.15. The molecule has 2 atom stereocenters. The highest BCUT2D eigenvalue weighted by atomic mass is 32.2. The summed E-state index contributed by atoms with van der Waals surface area (Å²) in [5, 5.41) is 0.604. The molecular formula is C21H27FN2O3S2. The van der Waals surface area contributed by atoms with Crippen molar-refractivity contribution in [2.24, 2.45) is 10.9 Å². The monoisotopic (exact) mass is 438 g/mol. The van der Waals surface area contributed by atoms with Gasteiger partial charge in [-0.15, -0.1) is 0 Å². The van der Waals surface area contributed by atoms with Gasteiger partial charge in [-0.3, -0.25) is 4.79 Å². The predicted octanol–water partition coefficient (Wildman–Crippen LogP) is 3.44. The van der Waals surface area contributed by atoms with E-state index in [0.29, 0.717) is 30.5 Å². The van der Waals surface area contributed by atoms with Crippen LogP contribution in [0.3, 0.4) is 0 Å². The minimum Gasteiger partial charge on any atom is -0.346 e. The van der Waals surface area contributed by atoms with Crippen LogP contribution in [0.5, 0.6) is 0 Å². The van der Waals surface area contributed by atoms with Crippen molar-refractivity contribution >= 4 is 32.7 Å². The molecule has 0 radical (unpaired) electrons. The Morgan fingerprint density at radius 1 is 1.14 bits per heavy atom. The maximum Gasteiger partial charge on any atom is 0.248 e. The van der Waals surface area contributed by atoms with E-state index in [9.17, 15) is 17.6 Å². The van der Waals surface area contributed by atoms with Crippen molar-refractivity contribution in [2.45, 2.75) is 56.2 Å². The molecule has 2 aliphatic heterocycles. The largest absolute Gasteiger partial charge is 0.346 e. The van der Waals surface area contributed by atoms with Crippen LogP contribution in [-0.4, -0.2) is 53.7 Å². The van der Waals surface area contributed by atoms with Gasteiger partial charge >= 0.3 is 0 Å². The Morgan fingerprint density at radius 3 is 2.59 bits per heavy atom. The van der Waals surface area contributed by atoms with Crippen molar-refractivity contribution in [2.75, 3.05) is 18.1 Å². The van der Waals surface area contributed by atoms with E-state index >= 15 is 0 Å². The number of hydrogen-bond acceptors (Lipinski definition) is 4. The Labute approximate surface area is 176 Å². The van der Waals surface area contributed by atoms with E-state index < -0.39 is 9.84 Å². The van der Waals surface area contributed by atoms with E-state index in [-0.39, 0.29) is 34.5 Å². The molecule has 1 saturated carbocycles. The third kappa shape index (κ3) is 5.20. The van der Waals surface area contributed by atoms with Crippen molar-refractivity contribution in [1.29, 1.82) is 0 Å². The van der Waals surface area contributed by atoms with Crippen molar-refractivity contribution < 1.29 is 17.6 Å². The van der Waals surface area contributed by atoms with Gasteiger partial charge in [-0.1, -0.05) is 43.2 Å². The number of amidine groups is 1. The Kier molecular flexibility index (Phi) is 6.30. The highest BCUT2D eigenvalue weighted by Crippen LogP contribution is 2.38. The van der Waals surface area contributed by atoms with Crippen LogP contribution in [0, 0.1) is 11.7 Å². The molecule has 1 aliphatic carbocycles. The number of carbonyl (C=O) groups is 1. The Morgan fingerprint density at radius 2 is 1.86 bits per heavy atom. The summed E-state index contributed by atoms with van der Waals surface area (Å²) in [5.41, 5.74) is 0.980. The van der Waals surface area contributed by atoms with Crippen LogP contribution in [0.2, 0.25) is 0 Å². The zero-order valence-electron chi connectivity index (χ0n) is 16.4. The Hall–Kier alpha value is -1.41. The molecule has 0 bridgehead atoms. The maximum absolute atomic E-state index is 13.2. The SMILES string of the molecule is O=C(CC1CCCCC1)N=C1S[C@@H]2CS(=O)(=O)C[C@H]2N1CCc1ccc(F)cc1. The second-order valence-electron chi connectivity index (χ2n) is 8.37. The fourth-order valence-corrected chi connectivity index (χ4v) is 8.58. The van der Waals surface area contributed by atoms with Gasteiger partial charge in [0.1, 0.15) is 5.82 Å². The van der Waals surface area contributed by atoms with Crippen LogP contribution < -0.4 is 0 Å². The zero-order valence-corrected chi connectivity index (χ0v) is 18.1.